The SMILES string of the molecule is O=C(NC1CCN(c2nc(C3CC3)ns2)CC1)c1cccnc1. The maximum absolute atomic E-state index is 12.2. The summed E-state index contributed by atoms with van der Waals surface area (Å²) in [4.78, 5) is 23.1. The fourth-order valence-electron chi connectivity index (χ4n) is 2.84. The zero-order valence-electron chi connectivity index (χ0n) is 12.8. The molecule has 1 aliphatic heterocycles. The third-order valence-corrected chi connectivity index (χ3v) is 5.19. The van der Waals surface area contributed by atoms with Gasteiger partial charge in [-0.1, -0.05) is 0 Å². The Labute approximate surface area is 139 Å². The number of hydrogen-bond donors (Lipinski definition) is 1. The highest BCUT2D eigenvalue weighted by Gasteiger charge is 2.29. The number of nitrogens with zero attached hydrogens (tertiary/aromatic N) is 4. The normalized spacial score (nSPS) is 18.9. The second-order valence-corrected chi connectivity index (χ2v) is 6.92. The molecule has 2 aliphatic rings. The van der Waals surface area contributed by atoms with Crippen LogP contribution in [0.1, 0.15) is 47.8 Å². The molecular weight excluding hydrogens is 310 g/mol. The van der Waals surface area contributed by atoms with E-state index in [2.05, 4.69) is 24.6 Å². The van der Waals surface area contributed by atoms with E-state index in [0.29, 0.717) is 11.5 Å². The highest BCUT2D eigenvalue weighted by molar-refractivity contribution is 7.09. The maximum atomic E-state index is 12.2. The van der Waals surface area contributed by atoms with Gasteiger partial charge in [0.1, 0.15) is 5.82 Å². The number of piperidine rings is 1. The predicted molar refractivity (Wildman–Crippen MR) is 88.8 cm³/mol. The minimum atomic E-state index is -0.0384. The Kier molecular flexibility index (Phi) is 3.95. The van der Waals surface area contributed by atoms with Crippen molar-refractivity contribution in [1.29, 1.82) is 0 Å². The first-order chi connectivity index (χ1) is 11.3. The van der Waals surface area contributed by atoms with Crippen molar-refractivity contribution >= 4 is 22.6 Å². The van der Waals surface area contributed by atoms with Gasteiger partial charge < -0.3 is 10.2 Å². The number of aromatic nitrogens is 3. The molecule has 0 atom stereocenters. The number of rotatable bonds is 4. The smallest absolute Gasteiger partial charge is 0.253 e. The highest BCUT2D eigenvalue weighted by Crippen LogP contribution is 2.39. The van der Waals surface area contributed by atoms with E-state index in [9.17, 15) is 4.79 Å². The highest BCUT2D eigenvalue weighted by atomic mass is 32.1. The first-order valence-electron chi connectivity index (χ1n) is 8.09. The average molecular weight is 329 g/mol. The summed E-state index contributed by atoms with van der Waals surface area (Å²) in [5.41, 5.74) is 0.619. The molecule has 4 rings (SSSR count). The van der Waals surface area contributed by atoms with Gasteiger partial charge in [-0.3, -0.25) is 9.78 Å². The number of hydrogen-bond acceptors (Lipinski definition) is 6. The van der Waals surface area contributed by atoms with Crippen molar-refractivity contribution in [3.8, 4) is 0 Å². The van der Waals surface area contributed by atoms with Crippen molar-refractivity contribution in [2.75, 3.05) is 18.0 Å². The molecular formula is C16H19N5OS. The van der Waals surface area contributed by atoms with Crippen LogP contribution in [0.2, 0.25) is 0 Å². The summed E-state index contributed by atoms with van der Waals surface area (Å²) in [5, 5.41) is 4.13. The quantitative estimate of drug-likeness (QED) is 0.931. The van der Waals surface area contributed by atoms with Gasteiger partial charge in [0.25, 0.3) is 5.91 Å². The molecule has 0 aromatic carbocycles. The topological polar surface area (TPSA) is 71.0 Å². The number of amides is 1. The van der Waals surface area contributed by atoms with Crippen LogP contribution in [0, 0.1) is 0 Å². The number of carbonyl (C=O) groups excluding carboxylic acids is 1. The standard InChI is InChI=1S/C16H19N5OS/c22-15(12-2-1-7-17-10-12)18-13-5-8-21(9-6-13)16-19-14(20-23-16)11-3-4-11/h1-2,7,10-11,13H,3-6,8-9H2,(H,18,22). The lowest BCUT2D eigenvalue weighted by Crippen LogP contribution is -2.44. The van der Waals surface area contributed by atoms with Crippen LogP contribution in [0.15, 0.2) is 24.5 Å². The van der Waals surface area contributed by atoms with Crippen LogP contribution >= 0.6 is 11.5 Å². The van der Waals surface area contributed by atoms with Crippen molar-refractivity contribution in [3.63, 3.8) is 0 Å². The van der Waals surface area contributed by atoms with E-state index in [1.54, 1.807) is 24.5 Å². The molecule has 3 heterocycles. The minimum Gasteiger partial charge on any atom is -0.349 e. The van der Waals surface area contributed by atoms with Gasteiger partial charge in [-0.15, -0.1) is 0 Å². The largest absolute Gasteiger partial charge is 0.349 e. The Morgan fingerprint density at radius 3 is 2.78 bits per heavy atom. The zero-order chi connectivity index (χ0) is 15.6. The number of anilines is 1. The lowest BCUT2D eigenvalue weighted by Gasteiger charge is -2.31. The Balaban J connectivity index is 1.31. The maximum Gasteiger partial charge on any atom is 0.253 e. The van der Waals surface area contributed by atoms with E-state index in [1.165, 1.54) is 24.4 Å². The second kappa shape index (κ2) is 6.23. The molecule has 1 saturated carbocycles. The van der Waals surface area contributed by atoms with E-state index < -0.39 is 0 Å². The summed E-state index contributed by atoms with van der Waals surface area (Å²) in [5.74, 6) is 1.59. The molecule has 7 heteroatoms. The van der Waals surface area contributed by atoms with Crippen molar-refractivity contribution in [2.24, 2.45) is 0 Å². The van der Waals surface area contributed by atoms with Crippen molar-refractivity contribution in [2.45, 2.75) is 37.6 Å². The van der Waals surface area contributed by atoms with Crippen LogP contribution in [0.5, 0.6) is 0 Å². The molecule has 6 nitrogen and oxygen atoms in total. The Bertz CT molecular complexity index is 677. The van der Waals surface area contributed by atoms with Crippen LogP contribution in [-0.2, 0) is 0 Å². The molecule has 1 saturated heterocycles. The molecule has 2 fully saturated rings. The molecule has 0 radical (unpaired) electrons. The van der Waals surface area contributed by atoms with E-state index in [0.717, 1.165) is 36.9 Å². The number of pyridine rings is 1. The molecule has 2 aromatic rings. The monoisotopic (exact) mass is 329 g/mol. The molecule has 2 aromatic heterocycles. The molecule has 1 amide bonds. The first kappa shape index (κ1) is 14.6. The predicted octanol–water partition coefficient (Wildman–Crippen LogP) is 2.21. The lowest BCUT2D eigenvalue weighted by atomic mass is 10.1. The fourth-order valence-corrected chi connectivity index (χ4v) is 3.64. The summed E-state index contributed by atoms with van der Waals surface area (Å²) < 4.78 is 4.47. The van der Waals surface area contributed by atoms with Crippen molar-refractivity contribution < 1.29 is 4.79 Å². The van der Waals surface area contributed by atoms with Gasteiger partial charge in [0, 0.05) is 49.0 Å². The van der Waals surface area contributed by atoms with E-state index in [4.69, 9.17) is 0 Å². The van der Waals surface area contributed by atoms with Crippen LogP contribution in [0.3, 0.4) is 0 Å². The second-order valence-electron chi connectivity index (χ2n) is 6.19. The zero-order valence-corrected chi connectivity index (χ0v) is 13.6. The van der Waals surface area contributed by atoms with Gasteiger partial charge >= 0.3 is 0 Å². The summed E-state index contributed by atoms with van der Waals surface area (Å²) in [6, 6.07) is 3.79. The van der Waals surface area contributed by atoms with Crippen LogP contribution in [0.4, 0.5) is 5.13 Å². The molecule has 0 bridgehead atoms. The number of carbonyl (C=O) groups is 1. The van der Waals surface area contributed by atoms with Gasteiger partial charge in [0.2, 0.25) is 5.13 Å². The molecule has 0 unspecified atom stereocenters. The first-order valence-corrected chi connectivity index (χ1v) is 8.86. The lowest BCUT2D eigenvalue weighted by molar-refractivity contribution is 0.0930. The minimum absolute atomic E-state index is 0.0384. The van der Waals surface area contributed by atoms with Crippen LogP contribution < -0.4 is 10.2 Å². The third kappa shape index (κ3) is 3.34. The number of nitrogens with one attached hydrogen (secondary N) is 1. The Hall–Kier alpha value is -2.02. The summed E-state index contributed by atoms with van der Waals surface area (Å²) in [6.45, 7) is 1.83. The van der Waals surface area contributed by atoms with Gasteiger partial charge in [-0.05, 0) is 37.8 Å². The molecule has 23 heavy (non-hydrogen) atoms. The summed E-state index contributed by atoms with van der Waals surface area (Å²) >= 11 is 1.51. The molecule has 1 N–H and O–H groups in total. The van der Waals surface area contributed by atoms with Crippen molar-refractivity contribution in [3.05, 3.63) is 35.9 Å². The van der Waals surface area contributed by atoms with Gasteiger partial charge in [0.05, 0.1) is 5.56 Å². The Morgan fingerprint density at radius 1 is 1.26 bits per heavy atom. The van der Waals surface area contributed by atoms with Crippen LogP contribution in [0.25, 0.3) is 0 Å². The third-order valence-electron chi connectivity index (χ3n) is 4.40. The van der Waals surface area contributed by atoms with Crippen molar-refractivity contribution in [1.82, 2.24) is 19.7 Å². The van der Waals surface area contributed by atoms with Crippen LogP contribution in [-0.4, -0.2) is 39.4 Å². The molecule has 0 spiro atoms. The molecule has 120 valence electrons. The van der Waals surface area contributed by atoms with E-state index in [-0.39, 0.29) is 11.9 Å². The molecule has 1 aliphatic carbocycles. The average Bonchev–Trinajstić information content (AvgIpc) is 3.34. The van der Waals surface area contributed by atoms with Gasteiger partial charge in [-0.2, -0.15) is 4.37 Å². The van der Waals surface area contributed by atoms with E-state index >= 15 is 0 Å². The fraction of sp³-hybridized carbons (Fsp3) is 0.500. The van der Waals surface area contributed by atoms with Gasteiger partial charge in [-0.25, -0.2) is 4.98 Å². The van der Waals surface area contributed by atoms with E-state index in [1.807, 2.05) is 0 Å². The summed E-state index contributed by atoms with van der Waals surface area (Å²) in [7, 11) is 0. The van der Waals surface area contributed by atoms with Gasteiger partial charge in [0.15, 0.2) is 0 Å². The summed E-state index contributed by atoms with van der Waals surface area (Å²) in [6.07, 6.45) is 7.62. The Morgan fingerprint density at radius 2 is 2.09 bits per heavy atom.